The lowest BCUT2D eigenvalue weighted by molar-refractivity contribution is -0.149. The van der Waals surface area contributed by atoms with Crippen molar-refractivity contribution in [2.24, 2.45) is 10.9 Å². The van der Waals surface area contributed by atoms with E-state index in [2.05, 4.69) is 76.1 Å². The lowest BCUT2D eigenvalue weighted by Gasteiger charge is -2.29. The van der Waals surface area contributed by atoms with Crippen LogP contribution in [0.5, 0.6) is 0 Å². The van der Waals surface area contributed by atoms with E-state index in [1.807, 2.05) is 26.8 Å². The fraction of sp³-hybridized carbons (Fsp3) is 0.473. The maximum Gasteiger partial charge on any atom is 0.311 e. The first kappa shape index (κ1) is 55.4. The number of hydrogen-bond acceptors (Lipinski definition) is 8. The topological polar surface area (TPSA) is 132 Å². The van der Waals surface area contributed by atoms with Crippen molar-refractivity contribution in [3.63, 3.8) is 0 Å². The molecule has 0 radical (unpaired) electrons. The van der Waals surface area contributed by atoms with Crippen LogP contribution in [0.1, 0.15) is 135 Å². The number of aromatic nitrogens is 2. The number of halogens is 4. The number of rotatable bonds is 16. The van der Waals surface area contributed by atoms with E-state index in [0.717, 1.165) is 74.9 Å². The number of esters is 1. The van der Waals surface area contributed by atoms with Crippen LogP contribution in [0.15, 0.2) is 83.9 Å². The highest BCUT2D eigenvalue weighted by Gasteiger charge is 2.31. The first-order valence-corrected chi connectivity index (χ1v) is 23.6. The molecule has 0 saturated heterocycles. The molecule has 0 spiro atoms. The van der Waals surface area contributed by atoms with Gasteiger partial charge in [0.1, 0.15) is 23.3 Å². The van der Waals surface area contributed by atoms with E-state index in [4.69, 9.17) is 4.74 Å². The van der Waals surface area contributed by atoms with Gasteiger partial charge in [-0.25, -0.2) is 17.6 Å². The third-order valence-corrected chi connectivity index (χ3v) is 12.8. The third kappa shape index (κ3) is 16.2. The molecule has 13 heteroatoms. The number of nitrogens with zero attached hydrogens (tertiary/aromatic N) is 2. The third-order valence-electron chi connectivity index (χ3n) is 12.8. The highest BCUT2D eigenvalue weighted by Crippen LogP contribution is 2.33. The summed E-state index contributed by atoms with van der Waals surface area (Å²) in [7, 11) is 3.03. The smallest absolute Gasteiger partial charge is 0.311 e. The fourth-order valence-corrected chi connectivity index (χ4v) is 8.93. The highest BCUT2D eigenvalue weighted by molar-refractivity contribution is 5.78. The van der Waals surface area contributed by atoms with Gasteiger partial charge in [-0.2, -0.15) is 5.10 Å². The molecule has 0 fully saturated rings. The molecule has 1 heterocycles. The molecule has 6 atom stereocenters. The summed E-state index contributed by atoms with van der Waals surface area (Å²) < 4.78 is 59.4. The van der Waals surface area contributed by atoms with Crippen LogP contribution in [0.3, 0.4) is 0 Å². The van der Waals surface area contributed by atoms with Crippen LogP contribution < -0.4 is 10.6 Å². The number of ether oxygens (including phenoxy) is 1. The Labute approximate surface area is 401 Å². The van der Waals surface area contributed by atoms with E-state index in [0.29, 0.717) is 29.8 Å². The fourth-order valence-electron chi connectivity index (χ4n) is 8.93. The van der Waals surface area contributed by atoms with Gasteiger partial charge in [0.05, 0.1) is 30.9 Å². The molecule has 0 amide bonds. The monoisotopic (exact) mass is 944 g/mol. The molecule has 68 heavy (non-hydrogen) atoms. The van der Waals surface area contributed by atoms with Gasteiger partial charge in [0, 0.05) is 61.7 Å². The molecule has 2 aliphatic carbocycles. The normalized spacial score (nSPS) is 16.7. The Bertz CT molecular complexity index is 2360. The van der Waals surface area contributed by atoms with E-state index in [1.165, 1.54) is 64.8 Å². The Morgan fingerprint density at radius 3 is 1.60 bits per heavy atom. The molecule has 0 saturated carbocycles. The Balaban J connectivity index is 0.000000267. The quantitative estimate of drug-likeness (QED) is 0.0378. The maximum atomic E-state index is 13.7. The number of aromatic amines is 1. The molecule has 0 bridgehead atoms. The van der Waals surface area contributed by atoms with Gasteiger partial charge in [-0.15, -0.1) is 0 Å². The van der Waals surface area contributed by atoms with Crippen molar-refractivity contribution in [3.05, 3.63) is 158 Å². The van der Waals surface area contributed by atoms with Crippen LogP contribution in [0, 0.1) is 36.1 Å². The van der Waals surface area contributed by atoms with Crippen molar-refractivity contribution in [2.45, 2.75) is 136 Å². The van der Waals surface area contributed by atoms with Crippen molar-refractivity contribution in [1.82, 2.24) is 20.8 Å². The standard InChI is InChI=1S/C26H31F2N3O.C24H29F2NO3.C4H9N.CH4/c1-3-17-7-8-19-5-4-6-24(22(19)12-17)29-15-26(32)23(25-9-16(2)30-31-25)13-18-10-20(27)14-21(28)11-18;1-3-15-7-8-17-5-4-6-22(20(17)11-15)27-14-23(28)21(24(29)30-2)12-16-9-18(25)13-19(26)10-16;1-4(2)5-3;/h7-12,14,23-24,26,29,32H,3-6,13,15H2,1-2H3,(H,30,31);7-11,13,21-23,27-28H,3-6,12,14H2,1-2H3;1-3H3;1H4. The molecular formula is C55H73F4N5O4. The van der Waals surface area contributed by atoms with E-state index in [9.17, 15) is 32.6 Å². The van der Waals surface area contributed by atoms with Gasteiger partial charge >= 0.3 is 5.97 Å². The lowest BCUT2D eigenvalue weighted by atomic mass is 9.85. The van der Waals surface area contributed by atoms with Crippen LogP contribution in [-0.4, -0.2) is 71.5 Å². The molecule has 370 valence electrons. The van der Waals surface area contributed by atoms with Gasteiger partial charge in [-0.3, -0.25) is 14.9 Å². The molecule has 5 aromatic rings. The van der Waals surface area contributed by atoms with Gasteiger partial charge in [0.15, 0.2) is 0 Å². The number of fused-ring (bicyclic) bond motifs is 2. The molecule has 1 aromatic heterocycles. The summed E-state index contributed by atoms with van der Waals surface area (Å²) in [5, 5.41) is 36.1. The number of H-pyrrole nitrogens is 1. The first-order valence-electron chi connectivity index (χ1n) is 23.6. The molecule has 0 aliphatic heterocycles. The number of benzene rings is 4. The Hall–Kier alpha value is -5.21. The Morgan fingerprint density at radius 2 is 1.19 bits per heavy atom. The predicted molar refractivity (Wildman–Crippen MR) is 264 cm³/mol. The number of aliphatic hydroxyl groups is 2. The van der Waals surface area contributed by atoms with E-state index < -0.39 is 53.3 Å². The Morgan fingerprint density at radius 1 is 0.735 bits per heavy atom. The van der Waals surface area contributed by atoms with E-state index in [1.54, 1.807) is 7.05 Å². The zero-order valence-corrected chi connectivity index (χ0v) is 40.1. The van der Waals surface area contributed by atoms with Crippen LogP contribution in [-0.2, 0) is 48.1 Å². The van der Waals surface area contributed by atoms with Crippen LogP contribution in [0.25, 0.3) is 0 Å². The second-order valence-electron chi connectivity index (χ2n) is 18.0. The van der Waals surface area contributed by atoms with Gasteiger partial charge < -0.3 is 25.6 Å². The summed E-state index contributed by atoms with van der Waals surface area (Å²) in [6.07, 6.45) is 6.67. The average Bonchev–Trinajstić information content (AvgIpc) is 3.75. The molecule has 4 aromatic carbocycles. The van der Waals surface area contributed by atoms with Crippen LogP contribution in [0.2, 0.25) is 0 Å². The molecule has 9 nitrogen and oxygen atoms in total. The van der Waals surface area contributed by atoms with Crippen molar-refractivity contribution in [3.8, 4) is 0 Å². The number of aliphatic hydroxyl groups excluding tert-OH is 2. The largest absolute Gasteiger partial charge is 0.469 e. The minimum absolute atomic E-state index is 0. The van der Waals surface area contributed by atoms with Crippen molar-refractivity contribution in [1.29, 1.82) is 0 Å². The summed E-state index contributed by atoms with van der Waals surface area (Å²) >= 11 is 0. The number of aliphatic imine (C=N–C) groups is 1. The van der Waals surface area contributed by atoms with Crippen LogP contribution >= 0.6 is 0 Å². The summed E-state index contributed by atoms with van der Waals surface area (Å²) in [6.45, 7) is 10.7. The van der Waals surface area contributed by atoms with Gasteiger partial charge in [0.2, 0.25) is 0 Å². The minimum atomic E-state index is -1.05. The van der Waals surface area contributed by atoms with Crippen molar-refractivity contribution >= 4 is 11.7 Å². The maximum absolute atomic E-state index is 13.7. The van der Waals surface area contributed by atoms with Crippen molar-refractivity contribution in [2.75, 3.05) is 27.2 Å². The SMILES string of the molecule is C.CCc1ccc2c(c1)C(NCC(O)C(Cc1cc(F)cc(F)c1)C(=O)OC)CCC2.CCc1ccc2c(c1)C(NCC(O)C(Cc1cc(F)cc(F)c1)c1cc(C)[nH]n1)CCC2.CN=C(C)C. The van der Waals surface area contributed by atoms with Crippen LogP contribution in [0.4, 0.5) is 17.6 Å². The number of hydrogen-bond donors (Lipinski definition) is 5. The van der Waals surface area contributed by atoms with Gasteiger partial charge in [-0.1, -0.05) is 57.7 Å². The molecule has 7 rings (SSSR count). The number of carbonyl (C=O) groups excluding carboxylic acids is 1. The Kier molecular flexibility index (Phi) is 22.1. The second kappa shape index (κ2) is 27.1. The summed E-state index contributed by atoms with van der Waals surface area (Å²) in [5.74, 6) is -4.58. The molecule has 2 aliphatic rings. The second-order valence-corrected chi connectivity index (χ2v) is 18.0. The van der Waals surface area contributed by atoms with E-state index >= 15 is 0 Å². The van der Waals surface area contributed by atoms with Crippen molar-refractivity contribution < 1.29 is 37.3 Å². The molecular weight excluding hydrogens is 871 g/mol. The van der Waals surface area contributed by atoms with Gasteiger partial charge in [0.25, 0.3) is 0 Å². The number of methoxy groups -OCH3 is 1. The summed E-state index contributed by atoms with van der Waals surface area (Å²) in [5.41, 5.74) is 11.3. The number of nitrogens with one attached hydrogen (secondary N) is 3. The van der Waals surface area contributed by atoms with E-state index in [-0.39, 0.29) is 32.5 Å². The summed E-state index contributed by atoms with van der Waals surface area (Å²) in [4.78, 5) is 16.1. The average molecular weight is 944 g/mol. The lowest BCUT2D eigenvalue weighted by Crippen LogP contribution is -2.40. The first-order chi connectivity index (χ1) is 32.1. The minimum Gasteiger partial charge on any atom is -0.469 e. The number of aryl methyl sites for hydroxylation is 5. The predicted octanol–water partition coefficient (Wildman–Crippen LogP) is 10.5. The molecule has 6 unspecified atom stereocenters. The number of carbonyl (C=O) groups is 1. The summed E-state index contributed by atoms with van der Waals surface area (Å²) in [6, 6.07) is 22.0. The molecule has 5 N–H and O–H groups in total. The van der Waals surface area contributed by atoms with Gasteiger partial charge in [-0.05, 0) is 160 Å². The zero-order chi connectivity index (χ0) is 48.6. The zero-order valence-electron chi connectivity index (χ0n) is 40.1. The highest BCUT2D eigenvalue weighted by atomic mass is 19.1.